The van der Waals surface area contributed by atoms with E-state index in [1.807, 2.05) is 4.90 Å². The Hall–Kier alpha value is -1.39. The molecule has 0 aliphatic heterocycles. The minimum atomic E-state index is -0.252. The van der Waals surface area contributed by atoms with Gasteiger partial charge in [0.15, 0.2) is 0 Å². The molecule has 0 aliphatic carbocycles. The van der Waals surface area contributed by atoms with Crippen LogP contribution in [-0.2, 0) is 14.4 Å². The molecule has 5 heteroatoms. The van der Waals surface area contributed by atoms with E-state index in [-0.39, 0.29) is 24.1 Å². The minimum Gasteiger partial charge on any atom is -0.343 e. The first-order valence-electron chi connectivity index (χ1n) is 12.7. The molecule has 0 heterocycles. The molecule has 0 aromatic carbocycles. The van der Waals surface area contributed by atoms with Crippen molar-refractivity contribution in [1.29, 1.82) is 0 Å². The maximum atomic E-state index is 12.4. The van der Waals surface area contributed by atoms with Crippen LogP contribution < -0.4 is 5.32 Å². The molecule has 0 bridgehead atoms. The molecule has 0 atom stereocenters. The fourth-order valence-corrected chi connectivity index (χ4v) is 3.49. The van der Waals surface area contributed by atoms with E-state index >= 15 is 0 Å². The number of imide groups is 1. The zero-order chi connectivity index (χ0) is 22.5. The van der Waals surface area contributed by atoms with Gasteiger partial charge in [-0.3, -0.25) is 19.7 Å². The van der Waals surface area contributed by atoms with E-state index in [1.54, 1.807) is 0 Å². The number of hydrogen-bond acceptors (Lipinski definition) is 3. The average Bonchev–Trinajstić information content (AvgIpc) is 2.72. The van der Waals surface area contributed by atoms with Crippen molar-refractivity contribution >= 4 is 17.7 Å². The summed E-state index contributed by atoms with van der Waals surface area (Å²) in [5.74, 6) is -0.301. The van der Waals surface area contributed by atoms with Gasteiger partial charge in [0.05, 0.1) is 0 Å². The van der Waals surface area contributed by atoms with Gasteiger partial charge in [-0.05, 0) is 25.7 Å². The highest BCUT2D eigenvalue weighted by Crippen LogP contribution is 2.10. The molecule has 0 unspecified atom stereocenters. The van der Waals surface area contributed by atoms with Crippen molar-refractivity contribution in [3.63, 3.8) is 0 Å². The summed E-state index contributed by atoms with van der Waals surface area (Å²) >= 11 is 0. The van der Waals surface area contributed by atoms with Crippen LogP contribution in [0.3, 0.4) is 0 Å². The summed E-state index contributed by atoms with van der Waals surface area (Å²) in [4.78, 5) is 38.2. The van der Waals surface area contributed by atoms with Crippen molar-refractivity contribution in [2.75, 3.05) is 13.1 Å². The van der Waals surface area contributed by atoms with E-state index in [0.717, 1.165) is 51.6 Å². The second-order valence-electron chi connectivity index (χ2n) is 8.49. The lowest BCUT2D eigenvalue weighted by atomic mass is 10.1. The smallest absolute Gasteiger partial charge is 0.226 e. The Bertz CT molecular complexity index is 444. The standard InChI is InChI=1S/C25H48N2O3/c1-4-7-10-11-12-13-14-15-16-18-23(28)26-24(29)19-17-20-25(30)27(21-8-5-2)22-9-6-3/h4-22H2,1-3H3,(H,26,28,29). The third-order valence-corrected chi connectivity index (χ3v) is 5.50. The van der Waals surface area contributed by atoms with Crippen LogP contribution in [0.5, 0.6) is 0 Å². The Morgan fingerprint density at radius 3 is 1.47 bits per heavy atom. The monoisotopic (exact) mass is 424 g/mol. The Balaban J connectivity index is 3.80. The molecular formula is C25H48N2O3. The highest BCUT2D eigenvalue weighted by atomic mass is 16.2. The SMILES string of the molecule is CCCCCCCCCCCC(=O)NC(=O)CCCC(=O)N(CCCC)CCCC. The molecule has 0 aliphatic rings. The van der Waals surface area contributed by atoms with Gasteiger partial charge in [0.1, 0.15) is 0 Å². The van der Waals surface area contributed by atoms with Crippen LogP contribution in [0.4, 0.5) is 0 Å². The molecule has 0 spiro atoms. The van der Waals surface area contributed by atoms with Crippen LogP contribution in [0.2, 0.25) is 0 Å². The van der Waals surface area contributed by atoms with Crippen molar-refractivity contribution in [3.8, 4) is 0 Å². The quantitative estimate of drug-likeness (QED) is 0.238. The molecular weight excluding hydrogens is 376 g/mol. The van der Waals surface area contributed by atoms with Crippen molar-refractivity contribution in [3.05, 3.63) is 0 Å². The molecule has 0 aromatic rings. The second kappa shape index (κ2) is 20.9. The normalized spacial score (nSPS) is 10.8. The van der Waals surface area contributed by atoms with Gasteiger partial charge < -0.3 is 4.90 Å². The first kappa shape index (κ1) is 28.6. The third-order valence-electron chi connectivity index (χ3n) is 5.50. The van der Waals surface area contributed by atoms with Gasteiger partial charge in [-0.1, -0.05) is 85.0 Å². The topological polar surface area (TPSA) is 66.5 Å². The van der Waals surface area contributed by atoms with Crippen LogP contribution >= 0.6 is 0 Å². The number of nitrogens with one attached hydrogen (secondary N) is 1. The highest BCUT2D eigenvalue weighted by Gasteiger charge is 2.14. The number of rotatable bonds is 20. The summed E-state index contributed by atoms with van der Waals surface area (Å²) in [7, 11) is 0. The first-order chi connectivity index (χ1) is 14.5. The van der Waals surface area contributed by atoms with Gasteiger partial charge in [-0.15, -0.1) is 0 Å². The molecule has 0 radical (unpaired) electrons. The van der Waals surface area contributed by atoms with Gasteiger partial charge >= 0.3 is 0 Å². The molecule has 30 heavy (non-hydrogen) atoms. The van der Waals surface area contributed by atoms with Crippen molar-refractivity contribution < 1.29 is 14.4 Å². The van der Waals surface area contributed by atoms with E-state index < -0.39 is 0 Å². The summed E-state index contributed by atoms with van der Waals surface area (Å²) < 4.78 is 0. The number of amides is 3. The number of unbranched alkanes of at least 4 members (excludes halogenated alkanes) is 10. The van der Waals surface area contributed by atoms with Gasteiger partial charge in [0.25, 0.3) is 0 Å². The van der Waals surface area contributed by atoms with Crippen LogP contribution in [0.25, 0.3) is 0 Å². The van der Waals surface area contributed by atoms with E-state index in [2.05, 4.69) is 26.1 Å². The fourth-order valence-electron chi connectivity index (χ4n) is 3.49. The summed E-state index contributed by atoms with van der Waals surface area (Å²) in [6, 6.07) is 0. The van der Waals surface area contributed by atoms with E-state index in [0.29, 0.717) is 19.3 Å². The van der Waals surface area contributed by atoms with Crippen LogP contribution in [-0.4, -0.2) is 35.7 Å². The predicted molar refractivity (Wildman–Crippen MR) is 125 cm³/mol. The lowest BCUT2D eigenvalue weighted by Gasteiger charge is -2.22. The van der Waals surface area contributed by atoms with E-state index in [9.17, 15) is 14.4 Å². The van der Waals surface area contributed by atoms with E-state index in [1.165, 1.54) is 44.9 Å². The number of hydrogen-bond donors (Lipinski definition) is 1. The largest absolute Gasteiger partial charge is 0.343 e. The van der Waals surface area contributed by atoms with Crippen molar-refractivity contribution in [2.45, 2.75) is 130 Å². The van der Waals surface area contributed by atoms with Crippen LogP contribution in [0, 0.1) is 0 Å². The maximum absolute atomic E-state index is 12.4. The Kier molecular flexibility index (Phi) is 19.9. The zero-order valence-corrected chi connectivity index (χ0v) is 20.1. The summed E-state index contributed by atoms with van der Waals surface area (Å²) in [6.07, 6.45) is 16.6. The molecule has 0 saturated heterocycles. The Morgan fingerprint density at radius 2 is 0.967 bits per heavy atom. The molecule has 0 saturated carbocycles. The molecule has 0 rings (SSSR count). The first-order valence-corrected chi connectivity index (χ1v) is 12.7. The molecule has 1 N–H and O–H groups in total. The van der Waals surface area contributed by atoms with Crippen molar-refractivity contribution in [1.82, 2.24) is 10.2 Å². The Morgan fingerprint density at radius 1 is 0.533 bits per heavy atom. The third kappa shape index (κ3) is 17.5. The molecule has 176 valence electrons. The van der Waals surface area contributed by atoms with Gasteiger partial charge in [-0.25, -0.2) is 0 Å². The van der Waals surface area contributed by atoms with Gasteiger partial charge in [0, 0.05) is 32.4 Å². The minimum absolute atomic E-state index is 0.130. The van der Waals surface area contributed by atoms with Crippen LogP contribution in [0.15, 0.2) is 0 Å². The summed E-state index contributed by atoms with van der Waals surface area (Å²) in [5, 5.41) is 2.47. The molecule has 5 nitrogen and oxygen atoms in total. The number of carbonyl (C=O) groups is 3. The lowest BCUT2D eigenvalue weighted by molar-refractivity contribution is -0.131. The molecule has 0 fully saturated rings. The predicted octanol–water partition coefficient (Wildman–Crippen LogP) is 6.15. The number of carbonyl (C=O) groups excluding carboxylic acids is 3. The van der Waals surface area contributed by atoms with Crippen molar-refractivity contribution in [2.24, 2.45) is 0 Å². The number of nitrogens with zero attached hydrogens (tertiary/aromatic N) is 1. The highest BCUT2D eigenvalue weighted by molar-refractivity contribution is 5.95. The van der Waals surface area contributed by atoms with Gasteiger partial charge in [-0.2, -0.15) is 0 Å². The summed E-state index contributed by atoms with van der Waals surface area (Å²) in [5.41, 5.74) is 0. The average molecular weight is 425 g/mol. The maximum Gasteiger partial charge on any atom is 0.226 e. The van der Waals surface area contributed by atoms with Crippen LogP contribution in [0.1, 0.15) is 130 Å². The molecule has 3 amide bonds. The zero-order valence-electron chi connectivity index (χ0n) is 20.1. The molecule has 0 aromatic heterocycles. The lowest BCUT2D eigenvalue weighted by Crippen LogP contribution is -2.33. The summed E-state index contributed by atoms with van der Waals surface area (Å²) in [6.45, 7) is 8.08. The second-order valence-corrected chi connectivity index (χ2v) is 8.49. The Labute approximate surface area is 185 Å². The fraction of sp³-hybridized carbons (Fsp3) is 0.880. The van der Waals surface area contributed by atoms with Gasteiger partial charge in [0.2, 0.25) is 17.7 Å². The van der Waals surface area contributed by atoms with E-state index in [4.69, 9.17) is 0 Å².